The van der Waals surface area contributed by atoms with E-state index in [1.807, 2.05) is 0 Å². The molecule has 0 saturated heterocycles. The lowest BCUT2D eigenvalue weighted by Gasteiger charge is -2.08. The lowest BCUT2D eigenvalue weighted by molar-refractivity contribution is -0.110. The lowest BCUT2D eigenvalue weighted by Crippen LogP contribution is -1.94. The number of carbonyl (C=O) groups is 1. The van der Waals surface area contributed by atoms with Gasteiger partial charge >= 0.3 is 0 Å². The number of ketones is 1. The Balaban J connectivity index is 2.53. The highest BCUT2D eigenvalue weighted by Crippen LogP contribution is 2.24. The number of carbonyl (C=O) groups excluding carboxylic acids is 1. The molecule has 22 heavy (non-hydrogen) atoms. The molecule has 0 radical (unpaired) electrons. The monoisotopic (exact) mass is 284 g/mol. The first-order valence-corrected chi connectivity index (χ1v) is 6.57. The predicted octanol–water partition coefficient (Wildman–Crippen LogP) is 3.62. The van der Waals surface area contributed by atoms with E-state index in [9.17, 15) is 4.79 Å². The molecule has 0 bridgehead atoms. The molecule has 0 N–H and O–H groups in total. The number of nitrogens with zero attached hydrogens (tertiary/aromatic N) is 2. The zero-order valence-electron chi connectivity index (χ0n) is 11.8. The van der Waals surface area contributed by atoms with Crippen molar-refractivity contribution in [2.24, 2.45) is 0 Å². The Bertz CT molecular complexity index is 754. The predicted molar refractivity (Wildman–Crippen MR) is 84.6 cm³/mol. The second-order valence-corrected chi connectivity index (χ2v) is 4.54. The van der Waals surface area contributed by atoms with Crippen molar-refractivity contribution in [3.05, 3.63) is 89.5 Å². The Morgan fingerprint density at radius 1 is 0.864 bits per heavy atom. The van der Waals surface area contributed by atoms with Crippen LogP contribution in [0.25, 0.3) is 5.57 Å². The molecule has 2 aromatic rings. The largest absolute Gasteiger partial charge is 0.290 e. The summed E-state index contributed by atoms with van der Waals surface area (Å²) in [4.78, 5) is 11.7. The van der Waals surface area contributed by atoms with Crippen molar-refractivity contribution in [1.29, 1.82) is 10.5 Å². The van der Waals surface area contributed by atoms with Crippen molar-refractivity contribution in [2.45, 2.75) is 0 Å². The lowest BCUT2D eigenvalue weighted by atomic mass is 9.95. The first kappa shape index (κ1) is 15.0. The molecule has 2 aromatic carbocycles. The summed E-state index contributed by atoms with van der Waals surface area (Å²) in [6.45, 7) is 3.48. The number of rotatable bonds is 4. The Kier molecular flexibility index (Phi) is 4.65. The molecule has 0 atom stereocenters. The van der Waals surface area contributed by atoms with Crippen LogP contribution in [0.4, 0.5) is 0 Å². The van der Waals surface area contributed by atoms with E-state index in [2.05, 4.69) is 18.7 Å². The van der Waals surface area contributed by atoms with Crippen molar-refractivity contribution < 1.29 is 4.79 Å². The van der Waals surface area contributed by atoms with E-state index in [0.29, 0.717) is 11.1 Å². The van der Waals surface area contributed by atoms with Crippen molar-refractivity contribution >= 4 is 11.4 Å². The van der Waals surface area contributed by atoms with Gasteiger partial charge in [0.2, 0.25) is 0 Å². The second kappa shape index (κ2) is 6.83. The van der Waals surface area contributed by atoms with E-state index in [-0.39, 0.29) is 5.78 Å². The third-order valence-electron chi connectivity index (χ3n) is 3.14. The smallest absolute Gasteiger partial charge is 0.178 e. The number of hydrogen-bond acceptors (Lipinski definition) is 3. The molecule has 2 rings (SSSR count). The van der Waals surface area contributed by atoms with Gasteiger partial charge in [-0.25, -0.2) is 0 Å². The van der Waals surface area contributed by atoms with Crippen molar-refractivity contribution in [2.75, 3.05) is 0 Å². The molecule has 0 saturated carbocycles. The van der Waals surface area contributed by atoms with Gasteiger partial charge in [-0.3, -0.25) is 4.79 Å². The highest BCUT2D eigenvalue weighted by Gasteiger charge is 2.07. The molecule has 0 fully saturated rings. The summed E-state index contributed by atoms with van der Waals surface area (Å²) in [5.74, 6) is -0.205. The number of allylic oxidation sites excluding steroid dienone is 2. The molecule has 0 unspecified atom stereocenters. The summed E-state index contributed by atoms with van der Waals surface area (Å²) >= 11 is 0. The standard InChI is InChI=1S/C19H12N2O/c1-2-18(22)11-19(16-7-3-14(12-20)4-8-16)17-9-5-15(13-21)6-10-17/h2-11H,1H2. The minimum absolute atomic E-state index is 0.205. The molecule has 0 aliphatic carbocycles. The summed E-state index contributed by atoms with van der Waals surface area (Å²) in [5.41, 5.74) is 3.47. The van der Waals surface area contributed by atoms with Crippen LogP contribution in [0.1, 0.15) is 22.3 Å². The van der Waals surface area contributed by atoms with Gasteiger partial charge in [0, 0.05) is 0 Å². The van der Waals surface area contributed by atoms with Crippen molar-refractivity contribution in [1.82, 2.24) is 0 Å². The Hall–Kier alpha value is -3.43. The summed E-state index contributed by atoms with van der Waals surface area (Å²) in [5, 5.41) is 17.7. The van der Waals surface area contributed by atoms with Gasteiger partial charge in [-0.1, -0.05) is 30.8 Å². The van der Waals surface area contributed by atoms with Gasteiger partial charge in [0.25, 0.3) is 0 Å². The van der Waals surface area contributed by atoms with Gasteiger partial charge in [-0.15, -0.1) is 0 Å². The van der Waals surface area contributed by atoms with Crippen LogP contribution in [0.3, 0.4) is 0 Å². The maximum atomic E-state index is 11.7. The molecule has 0 amide bonds. The highest BCUT2D eigenvalue weighted by molar-refractivity contribution is 6.06. The molecular weight excluding hydrogens is 272 g/mol. The van der Waals surface area contributed by atoms with Crippen molar-refractivity contribution in [3.63, 3.8) is 0 Å². The maximum absolute atomic E-state index is 11.7. The quantitative estimate of drug-likeness (QED) is 0.805. The molecular formula is C19H12N2O. The third-order valence-corrected chi connectivity index (χ3v) is 3.14. The van der Waals surface area contributed by atoms with Gasteiger partial charge in [-0.05, 0) is 53.1 Å². The third kappa shape index (κ3) is 3.36. The van der Waals surface area contributed by atoms with Crippen molar-refractivity contribution in [3.8, 4) is 12.1 Å². The SMILES string of the molecule is C=CC(=O)C=C(c1ccc(C#N)cc1)c1ccc(C#N)cc1. The van der Waals surface area contributed by atoms with Crippen LogP contribution in [-0.4, -0.2) is 5.78 Å². The topological polar surface area (TPSA) is 64.7 Å². The van der Waals surface area contributed by atoms with Crippen LogP contribution in [0, 0.1) is 22.7 Å². The van der Waals surface area contributed by atoms with E-state index < -0.39 is 0 Å². The van der Waals surface area contributed by atoms with E-state index in [1.165, 1.54) is 12.2 Å². The Morgan fingerprint density at radius 3 is 1.59 bits per heavy atom. The summed E-state index contributed by atoms with van der Waals surface area (Å²) in [6, 6.07) is 18.1. The van der Waals surface area contributed by atoms with Gasteiger partial charge in [-0.2, -0.15) is 10.5 Å². The van der Waals surface area contributed by atoms with Crippen LogP contribution in [0.15, 0.2) is 67.3 Å². The zero-order chi connectivity index (χ0) is 15.9. The molecule has 3 nitrogen and oxygen atoms in total. The molecule has 3 heteroatoms. The van der Waals surface area contributed by atoms with E-state index in [1.54, 1.807) is 48.5 Å². The van der Waals surface area contributed by atoms with E-state index in [4.69, 9.17) is 10.5 Å². The fourth-order valence-electron chi connectivity index (χ4n) is 1.98. The normalized spacial score (nSPS) is 9.18. The number of hydrogen-bond donors (Lipinski definition) is 0. The summed E-state index contributed by atoms with van der Waals surface area (Å²) in [7, 11) is 0. The van der Waals surface area contributed by atoms with E-state index in [0.717, 1.165) is 16.7 Å². The van der Waals surface area contributed by atoms with E-state index >= 15 is 0 Å². The van der Waals surface area contributed by atoms with Crippen LogP contribution in [-0.2, 0) is 4.79 Å². The molecule has 0 aliphatic heterocycles. The molecule has 0 aromatic heterocycles. The van der Waals surface area contributed by atoms with Crippen LogP contribution in [0.5, 0.6) is 0 Å². The highest BCUT2D eigenvalue weighted by atomic mass is 16.1. The van der Waals surface area contributed by atoms with Gasteiger partial charge in [0.05, 0.1) is 23.3 Å². The van der Waals surface area contributed by atoms with Gasteiger partial charge in [0.1, 0.15) is 0 Å². The summed E-state index contributed by atoms with van der Waals surface area (Å²) < 4.78 is 0. The number of nitriles is 2. The zero-order valence-corrected chi connectivity index (χ0v) is 11.8. The van der Waals surface area contributed by atoms with Gasteiger partial charge < -0.3 is 0 Å². The molecule has 0 heterocycles. The molecule has 104 valence electrons. The first-order valence-electron chi connectivity index (χ1n) is 6.57. The Labute approximate surface area is 129 Å². The van der Waals surface area contributed by atoms with Crippen LogP contribution < -0.4 is 0 Å². The number of benzene rings is 2. The minimum Gasteiger partial charge on any atom is -0.290 e. The Morgan fingerprint density at radius 2 is 1.27 bits per heavy atom. The average molecular weight is 284 g/mol. The average Bonchev–Trinajstić information content (AvgIpc) is 2.59. The van der Waals surface area contributed by atoms with Gasteiger partial charge in [0.15, 0.2) is 5.78 Å². The summed E-state index contributed by atoms with van der Waals surface area (Å²) in [6.07, 6.45) is 2.74. The molecule has 0 spiro atoms. The second-order valence-electron chi connectivity index (χ2n) is 4.54. The first-order chi connectivity index (χ1) is 10.7. The fourth-order valence-corrected chi connectivity index (χ4v) is 1.98. The maximum Gasteiger partial charge on any atom is 0.178 e. The van der Waals surface area contributed by atoms with Crippen LogP contribution >= 0.6 is 0 Å². The molecule has 0 aliphatic rings. The van der Waals surface area contributed by atoms with Crippen LogP contribution in [0.2, 0.25) is 0 Å². The minimum atomic E-state index is -0.205. The fraction of sp³-hybridized carbons (Fsp3) is 0.